The highest BCUT2D eigenvalue weighted by molar-refractivity contribution is 5.96. The van der Waals surface area contributed by atoms with E-state index in [2.05, 4.69) is 10.2 Å². The first kappa shape index (κ1) is 18.3. The van der Waals surface area contributed by atoms with Crippen LogP contribution in [0.25, 0.3) is 0 Å². The number of ether oxygens (including phenoxy) is 1. The van der Waals surface area contributed by atoms with Crippen LogP contribution in [-0.2, 0) is 14.3 Å². The van der Waals surface area contributed by atoms with Gasteiger partial charge in [0.1, 0.15) is 0 Å². The average molecular weight is 333 g/mol. The summed E-state index contributed by atoms with van der Waals surface area (Å²) in [6.07, 6.45) is 1.21. The van der Waals surface area contributed by atoms with Crippen LogP contribution in [0.4, 0.5) is 11.4 Å². The van der Waals surface area contributed by atoms with Crippen LogP contribution in [0.3, 0.4) is 0 Å². The van der Waals surface area contributed by atoms with E-state index in [1.54, 1.807) is 11.8 Å². The normalized spacial score (nSPS) is 14.3. The Morgan fingerprint density at radius 3 is 2.62 bits per heavy atom. The van der Waals surface area contributed by atoms with Gasteiger partial charge in [-0.25, -0.2) is 0 Å². The number of amides is 2. The zero-order chi connectivity index (χ0) is 17.4. The van der Waals surface area contributed by atoms with Gasteiger partial charge in [0, 0.05) is 39.5 Å². The first-order chi connectivity index (χ1) is 11.6. The molecule has 132 valence electrons. The quantitative estimate of drug-likeness (QED) is 0.826. The molecule has 24 heavy (non-hydrogen) atoms. The van der Waals surface area contributed by atoms with E-state index in [1.807, 2.05) is 31.2 Å². The van der Waals surface area contributed by atoms with Gasteiger partial charge >= 0.3 is 0 Å². The maximum absolute atomic E-state index is 12.2. The highest BCUT2D eigenvalue weighted by atomic mass is 16.5. The van der Waals surface area contributed by atoms with Gasteiger partial charge in [0.15, 0.2) is 0 Å². The maximum Gasteiger partial charge on any atom is 0.223 e. The molecule has 6 heteroatoms. The number of carbonyl (C=O) groups is 2. The van der Waals surface area contributed by atoms with Crippen LogP contribution < -0.4 is 15.1 Å². The van der Waals surface area contributed by atoms with Crippen LogP contribution in [0.1, 0.15) is 26.7 Å². The minimum Gasteiger partial charge on any atom is -0.378 e. The number of para-hydroxylation sites is 2. The Morgan fingerprint density at radius 1 is 1.25 bits per heavy atom. The fourth-order valence-electron chi connectivity index (χ4n) is 2.78. The molecule has 1 aromatic rings. The predicted molar refractivity (Wildman–Crippen MR) is 95.4 cm³/mol. The predicted octanol–water partition coefficient (Wildman–Crippen LogP) is 1.79. The smallest absolute Gasteiger partial charge is 0.223 e. The number of benzene rings is 1. The van der Waals surface area contributed by atoms with Crippen molar-refractivity contribution in [2.45, 2.75) is 26.7 Å². The number of nitrogens with one attached hydrogen (secondary N) is 1. The van der Waals surface area contributed by atoms with E-state index < -0.39 is 0 Å². The SMILES string of the molecule is CCCNC(=O)CCN(C(C)=O)c1ccccc1N1CCOCC1. The molecule has 1 saturated heterocycles. The number of carbonyl (C=O) groups excluding carboxylic acids is 2. The molecule has 2 rings (SSSR count). The summed E-state index contributed by atoms with van der Waals surface area (Å²) in [4.78, 5) is 27.9. The Labute approximate surface area is 143 Å². The number of nitrogens with zero attached hydrogens (tertiary/aromatic N) is 2. The summed E-state index contributed by atoms with van der Waals surface area (Å²) in [6, 6.07) is 7.86. The standard InChI is InChI=1S/C18H27N3O3/c1-3-9-19-18(23)8-10-21(15(2)22)17-7-5-4-6-16(17)20-11-13-24-14-12-20/h4-7H,3,8-14H2,1-2H3,(H,19,23). The molecule has 0 unspecified atom stereocenters. The van der Waals surface area contributed by atoms with E-state index in [9.17, 15) is 9.59 Å². The van der Waals surface area contributed by atoms with Gasteiger partial charge in [-0.1, -0.05) is 19.1 Å². The fraction of sp³-hybridized carbons (Fsp3) is 0.556. The molecular weight excluding hydrogens is 306 g/mol. The van der Waals surface area contributed by atoms with Crippen molar-refractivity contribution < 1.29 is 14.3 Å². The Kier molecular flexibility index (Phi) is 7.06. The zero-order valence-electron chi connectivity index (χ0n) is 14.6. The van der Waals surface area contributed by atoms with Crippen LogP contribution in [0.5, 0.6) is 0 Å². The molecule has 1 N–H and O–H groups in total. The van der Waals surface area contributed by atoms with E-state index in [0.29, 0.717) is 32.7 Å². The summed E-state index contributed by atoms with van der Waals surface area (Å²) in [5.41, 5.74) is 1.88. The Morgan fingerprint density at radius 2 is 1.96 bits per heavy atom. The van der Waals surface area contributed by atoms with Gasteiger partial charge in [-0.2, -0.15) is 0 Å². The van der Waals surface area contributed by atoms with Gasteiger partial charge in [0.25, 0.3) is 0 Å². The number of anilines is 2. The monoisotopic (exact) mass is 333 g/mol. The molecule has 0 aliphatic carbocycles. The molecule has 1 aliphatic heterocycles. The molecule has 1 aliphatic rings. The topological polar surface area (TPSA) is 61.9 Å². The lowest BCUT2D eigenvalue weighted by molar-refractivity contribution is -0.121. The van der Waals surface area contributed by atoms with E-state index in [4.69, 9.17) is 4.74 Å². The fourth-order valence-corrected chi connectivity index (χ4v) is 2.78. The molecule has 0 spiro atoms. The number of hydrogen-bond acceptors (Lipinski definition) is 4. The van der Waals surface area contributed by atoms with Crippen molar-refractivity contribution in [3.8, 4) is 0 Å². The molecule has 0 saturated carbocycles. The van der Waals surface area contributed by atoms with Crippen molar-refractivity contribution in [2.24, 2.45) is 0 Å². The van der Waals surface area contributed by atoms with Crippen LogP contribution in [0, 0.1) is 0 Å². The van der Waals surface area contributed by atoms with Crippen molar-refractivity contribution in [3.05, 3.63) is 24.3 Å². The maximum atomic E-state index is 12.2. The van der Waals surface area contributed by atoms with E-state index >= 15 is 0 Å². The lowest BCUT2D eigenvalue weighted by Gasteiger charge is -2.33. The molecule has 0 aromatic heterocycles. The van der Waals surface area contributed by atoms with E-state index in [1.165, 1.54) is 0 Å². The van der Waals surface area contributed by atoms with Crippen molar-refractivity contribution >= 4 is 23.2 Å². The summed E-state index contributed by atoms with van der Waals surface area (Å²) in [6.45, 7) is 7.59. The van der Waals surface area contributed by atoms with Crippen molar-refractivity contribution in [1.29, 1.82) is 0 Å². The highest BCUT2D eigenvalue weighted by Crippen LogP contribution is 2.30. The van der Waals surface area contributed by atoms with Crippen molar-refractivity contribution in [1.82, 2.24) is 5.32 Å². The zero-order valence-corrected chi connectivity index (χ0v) is 14.6. The van der Waals surface area contributed by atoms with Crippen LogP contribution in [-0.4, -0.2) is 51.2 Å². The van der Waals surface area contributed by atoms with Crippen LogP contribution in [0.2, 0.25) is 0 Å². The third-order valence-electron chi connectivity index (χ3n) is 4.04. The second-order valence-corrected chi connectivity index (χ2v) is 5.86. The lowest BCUT2D eigenvalue weighted by atomic mass is 10.2. The Bertz CT molecular complexity index is 556. The highest BCUT2D eigenvalue weighted by Gasteiger charge is 2.20. The second kappa shape index (κ2) is 9.27. The Balaban J connectivity index is 2.12. The van der Waals surface area contributed by atoms with Crippen LogP contribution in [0.15, 0.2) is 24.3 Å². The molecule has 6 nitrogen and oxygen atoms in total. The van der Waals surface area contributed by atoms with Gasteiger partial charge in [-0.05, 0) is 18.6 Å². The largest absolute Gasteiger partial charge is 0.378 e. The van der Waals surface area contributed by atoms with E-state index in [0.717, 1.165) is 30.9 Å². The summed E-state index contributed by atoms with van der Waals surface area (Å²) in [7, 11) is 0. The minimum absolute atomic E-state index is 0.0213. The first-order valence-corrected chi connectivity index (χ1v) is 8.60. The van der Waals surface area contributed by atoms with Gasteiger partial charge in [-0.15, -0.1) is 0 Å². The lowest BCUT2D eigenvalue weighted by Crippen LogP contribution is -2.39. The van der Waals surface area contributed by atoms with Gasteiger partial charge < -0.3 is 19.9 Å². The van der Waals surface area contributed by atoms with Gasteiger partial charge in [0.05, 0.1) is 24.6 Å². The molecule has 0 atom stereocenters. The summed E-state index contributed by atoms with van der Waals surface area (Å²) in [5, 5.41) is 2.85. The minimum atomic E-state index is -0.0565. The van der Waals surface area contributed by atoms with Gasteiger partial charge in [-0.3, -0.25) is 9.59 Å². The van der Waals surface area contributed by atoms with Gasteiger partial charge in [0.2, 0.25) is 11.8 Å². The number of hydrogen-bond donors (Lipinski definition) is 1. The van der Waals surface area contributed by atoms with Crippen molar-refractivity contribution in [3.63, 3.8) is 0 Å². The molecule has 2 amide bonds. The third-order valence-corrected chi connectivity index (χ3v) is 4.04. The second-order valence-electron chi connectivity index (χ2n) is 5.86. The molecule has 0 bridgehead atoms. The average Bonchev–Trinajstić information content (AvgIpc) is 2.61. The van der Waals surface area contributed by atoms with Crippen LogP contribution >= 0.6 is 0 Å². The number of rotatable bonds is 7. The summed E-state index contributed by atoms with van der Waals surface area (Å²) >= 11 is 0. The molecule has 1 fully saturated rings. The molecule has 0 radical (unpaired) electrons. The third kappa shape index (κ3) is 4.96. The van der Waals surface area contributed by atoms with Crippen molar-refractivity contribution in [2.75, 3.05) is 49.2 Å². The molecule has 1 heterocycles. The number of morpholine rings is 1. The Hall–Kier alpha value is -2.08. The summed E-state index contributed by atoms with van der Waals surface area (Å²) < 4.78 is 5.41. The van der Waals surface area contributed by atoms with E-state index in [-0.39, 0.29) is 11.8 Å². The molecular formula is C18H27N3O3. The first-order valence-electron chi connectivity index (χ1n) is 8.60. The summed E-state index contributed by atoms with van der Waals surface area (Å²) in [5.74, 6) is -0.0778. The molecule has 1 aromatic carbocycles.